The number of rotatable bonds is 16. The van der Waals surface area contributed by atoms with Gasteiger partial charge in [-0.05, 0) is 49.7 Å². The summed E-state index contributed by atoms with van der Waals surface area (Å²) in [4.78, 5) is 28.6. The molecule has 0 amide bonds. The average molecular weight is 455 g/mol. The lowest BCUT2D eigenvalue weighted by Crippen LogP contribution is -2.07. The zero-order valence-electron chi connectivity index (χ0n) is 17.3. The van der Waals surface area contributed by atoms with Crippen LogP contribution in [0, 0.1) is 0 Å². The molecule has 8 heteroatoms. The van der Waals surface area contributed by atoms with Crippen LogP contribution in [0.25, 0.3) is 0 Å². The van der Waals surface area contributed by atoms with Gasteiger partial charge < -0.3 is 9.79 Å². The van der Waals surface area contributed by atoms with Crippen molar-refractivity contribution in [3.8, 4) is 0 Å². The van der Waals surface area contributed by atoms with E-state index in [-0.39, 0.29) is 13.2 Å². The minimum atomic E-state index is -3.71. The van der Waals surface area contributed by atoms with Crippen LogP contribution in [0.1, 0.15) is 49.7 Å². The van der Waals surface area contributed by atoms with Crippen LogP contribution in [-0.4, -0.2) is 27.9 Å². The smallest absolute Gasteiger partial charge is 0.326 e. The molecule has 0 radical (unpaired) electrons. The second kappa shape index (κ2) is 15.0. The summed E-state index contributed by atoms with van der Waals surface area (Å²) in [5, 5.41) is 0. The number of unbranched alkanes of at least 4 members (excludes halogenated alkanes) is 4. The second-order valence-corrected chi connectivity index (χ2v) is 9.67. The Balaban J connectivity index is 1.58. The lowest BCUT2D eigenvalue weighted by Gasteiger charge is -2.15. The van der Waals surface area contributed by atoms with Crippen LogP contribution in [0.2, 0.25) is 0 Å². The second-order valence-electron chi connectivity index (χ2n) is 7.06. The quantitative estimate of drug-likeness (QED) is 0.221. The Bertz CT molecular complexity index is 620. The fraction of sp³-hybridized carbons (Fsp3) is 0.455. The molecule has 0 saturated carbocycles. The van der Waals surface area contributed by atoms with Crippen molar-refractivity contribution in [2.45, 2.75) is 51.4 Å². The molecule has 0 aliphatic carbocycles. The number of hydrogen-bond acceptors (Lipinski definition) is 6. The van der Waals surface area contributed by atoms with E-state index in [9.17, 15) is 4.89 Å². The van der Waals surface area contributed by atoms with Gasteiger partial charge in [0.15, 0.2) is 0 Å². The van der Waals surface area contributed by atoms with Crippen LogP contribution in [0.4, 0.5) is 0 Å². The molecule has 0 spiro atoms. The topological polar surface area (TPSA) is 88.4 Å². The van der Waals surface area contributed by atoms with Crippen molar-refractivity contribution in [1.29, 1.82) is 0 Å². The highest BCUT2D eigenvalue weighted by Gasteiger charge is 2.48. The van der Waals surface area contributed by atoms with Gasteiger partial charge in [0.1, 0.15) is 13.2 Å². The van der Waals surface area contributed by atoms with Crippen LogP contribution in [0.5, 0.6) is 0 Å². The molecule has 30 heavy (non-hydrogen) atoms. The lowest BCUT2D eigenvalue weighted by atomic mass is 10.1. The third-order valence-electron chi connectivity index (χ3n) is 4.59. The van der Waals surface area contributed by atoms with E-state index in [1.54, 1.807) is 0 Å². The third kappa shape index (κ3) is 11.5. The van der Waals surface area contributed by atoms with E-state index in [4.69, 9.17) is 23.1 Å². The molecule has 0 aliphatic rings. The van der Waals surface area contributed by atoms with Crippen LogP contribution in [0.15, 0.2) is 60.7 Å². The highest BCUT2D eigenvalue weighted by Crippen LogP contribution is 2.64. The monoisotopic (exact) mass is 455 g/mol. The predicted molar refractivity (Wildman–Crippen MR) is 121 cm³/mol. The van der Waals surface area contributed by atoms with Gasteiger partial charge in [-0.25, -0.2) is 0 Å². The average Bonchev–Trinajstić information content (AvgIpc) is 2.74. The fourth-order valence-electron chi connectivity index (χ4n) is 3.04. The first-order valence-corrected chi connectivity index (χ1v) is 13.1. The van der Waals surface area contributed by atoms with Gasteiger partial charge >= 0.3 is 16.8 Å². The van der Waals surface area contributed by atoms with Crippen molar-refractivity contribution >= 4 is 16.8 Å². The molecule has 0 heterocycles. The van der Waals surface area contributed by atoms with Crippen molar-refractivity contribution in [1.82, 2.24) is 0 Å². The Morgan fingerprint density at radius 3 is 1.47 bits per heavy atom. The molecule has 0 saturated heterocycles. The van der Waals surface area contributed by atoms with Crippen LogP contribution < -0.4 is 0 Å². The van der Waals surface area contributed by atoms with Crippen molar-refractivity contribution in [3.63, 3.8) is 0 Å². The maximum absolute atomic E-state index is 10.4. The summed E-state index contributed by atoms with van der Waals surface area (Å²) in [7, 11) is -6.46. The molecule has 2 rings (SSSR count). The van der Waals surface area contributed by atoms with Crippen LogP contribution >= 0.6 is 16.8 Å². The van der Waals surface area contributed by atoms with E-state index in [1.165, 1.54) is 11.1 Å². The van der Waals surface area contributed by atoms with Gasteiger partial charge in [0.2, 0.25) is 0 Å². The number of benzene rings is 2. The molecule has 2 aromatic carbocycles. The minimum absolute atomic E-state index is 0.246. The first-order chi connectivity index (χ1) is 14.6. The first-order valence-electron chi connectivity index (χ1n) is 10.4. The zero-order chi connectivity index (χ0) is 21.5. The summed E-state index contributed by atoms with van der Waals surface area (Å²) >= 11 is 0. The van der Waals surface area contributed by atoms with Gasteiger partial charge in [-0.15, -0.1) is 0 Å². The first kappa shape index (κ1) is 25.3. The van der Waals surface area contributed by atoms with E-state index in [2.05, 4.69) is 24.3 Å². The molecule has 0 aliphatic heterocycles. The van der Waals surface area contributed by atoms with Crippen molar-refractivity contribution < 1.29 is 28.0 Å². The molecule has 2 aromatic rings. The predicted octanol–water partition coefficient (Wildman–Crippen LogP) is 5.74. The highest BCUT2D eigenvalue weighted by molar-refractivity contribution is 7.63. The standard InChI is InChI=1S/C22H33O6P2/c23-29(24)28-30(25,26-19-11-3-9-17-21-13-5-1-6-14-21)27-20-12-4-10-18-22-15-7-2-8-16-22/h1-2,5-8,13-16,23-25H,3-4,9-12,17-20H2/q+1. The Morgan fingerprint density at radius 2 is 1.07 bits per heavy atom. The van der Waals surface area contributed by atoms with Crippen molar-refractivity contribution in [2.75, 3.05) is 13.2 Å². The Morgan fingerprint density at radius 1 is 0.633 bits per heavy atom. The summed E-state index contributed by atoms with van der Waals surface area (Å²) in [6, 6.07) is 20.5. The maximum Gasteiger partial charge on any atom is 0.580 e. The fourth-order valence-corrected chi connectivity index (χ4v) is 4.95. The summed E-state index contributed by atoms with van der Waals surface area (Å²) in [6.45, 7) is 0.493. The van der Waals surface area contributed by atoms with Crippen molar-refractivity contribution in [3.05, 3.63) is 71.8 Å². The molecule has 6 nitrogen and oxygen atoms in total. The van der Waals surface area contributed by atoms with Gasteiger partial charge in [0.25, 0.3) is 0 Å². The Hall–Kier alpha value is -0.940. The maximum atomic E-state index is 10.4. The Kier molecular flexibility index (Phi) is 12.6. The van der Waals surface area contributed by atoms with E-state index in [1.807, 2.05) is 36.4 Å². The molecule has 0 unspecified atom stereocenters. The molecule has 0 aromatic heterocycles. The van der Waals surface area contributed by atoms with Gasteiger partial charge in [-0.1, -0.05) is 77.8 Å². The lowest BCUT2D eigenvalue weighted by molar-refractivity contribution is 0.114. The molecule has 0 bridgehead atoms. The summed E-state index contributed by atoms with van der Waals surface area (Å²) in [6.07, 6.45) is 7.34. The zero-order valence-corrected chi connectivity index (χ0v) is 19.1. The molecule has 3 N–H and O–H groups in total. The third-order valence-corrected chi connectivity index (χ3v) is 7.02. The van der Waals surface area contributed by atoms with Gasteiger partial charge in [-0.3, -0.25) is 0 Å². The molecule has 0 atom stereocenters. The van der Waals surface area contributed by atoms with Crippen LogP contribution in [0.3, 0.4) is 0 Å². The van der Waals surface area contributed by atoms with Crippen molar-refractivity contribution in [2.24, 2.45) is 0 Å². The van der Waals surface area contributed by atoms with E-state index in [0.29, 0.717) is 0 Å². The number of hydrogen-bond donors (Lipinski definition) is 3. The summed E-state index contributed by atoms with van der Waals surface area (Å²) in [5.41, 5.74) is 2.60. The van der Waals surface area contributed by atoms with E-state index in [0.717, 1.165) is 51.4 Å². The summed E-state index contributed by atoms with van der Waals surface area (Å²) in [5.74, 6) is 0. The normalized spacial score (nSPS) is 11.9. The largest absolute Gasteiger partial charge is 0.580 e. The van der Waals surface area contributed by atoms with Crippen LogP contribution in [-0.2, 0) is 26.2 Å². The molecule has 0 fully saturated rings. The van der Waals surface area contributed by atoms with Gasteiger partial charge in [0.05, 0.1) is 0 Å². The van der Waals surface area contributed by atoms with E-state index < -0.39 is 16.8 Å². The SMILES string of the molecule is OP(O)O[P+](O)(OCCCCCc1ccccc1)OCCCCCc1ccccc1. The summed E-state index contributed by atoms with van der Waals surface area (Å²) < 4.78 is 15.6. The van der Waals surface area contributed by atoms with Gasteiger partial charge in [0, 0.05) is 0 Å². The molecular formula is C22H33O6P2+. The molecule has 166 valence electrons. The molecular weight excluding hydrogens is 422 g/mol. The Labute approximate surface area is 181 Å². The number of aryl methyl sites for hydroxylation is 2. The highest BCUT2D eigenvalue weighted by atomic mass is 31.3. The minimum Gasteiger partial charge on any atom is -0.326 e. The van der Waals surface area contributed by atoms with E-state index >= 15 is 0 Å². The van der Waals surface area contributed by atoms with Gasteiger partial charge in [-0.2, -0.15) is 13.9 Å².